The minimum atomic E-state index is -0.398. The zero-order valence-corrected chi connectivity index (χ0v) is 18.8. The van der Waals surface area contributed by atoms with Crippen molar-refractivity contribution in [3.05, 3.63) is 76.6 Å². The first kappa shape index (κ1) is 22.1. The molecule has 0 aliphatic heterocycles. The fraction of sp³-hybridized carbons (Fsp3) is 0.333. The highest BCUT2D eigenvalue weighted by Crippen LogP contribution is 2.31. The molecule has 3 aromatic rings. The van der Waals surface area contributed by atoms with E-state index in [0.717, 1.165) is 29.5 Å². The van der Waals surface area contributed by atoms with Crippen molar-refractivity contribution in [3.63, 3.8) is 0 Å². The Hall–Kier alpha value is -4.06. The lowest BCUT2D eigenvalue weighted by Gasteiger charge is -2.18. The number of nitrogens with one attached hydrogen (secondary N) is 2. The molecule has 0 radical (unpaired) electrons. The van der Waals surface area contributed by atoms with Gasteiger partial charge in [0.25, 0.3) is 11.8 Å². The molecule has 0 spiro atoms. The van der Waals surface area contributed by atoms with Crippen LogP contribution >= 0.6 is 0 Å². The Morgan fingerprint density at radius 2 is 1.94 bits per heavy atom. The van der Waals surface area contributed by atoms with Crippen molar-refractivity contribution in [2.45, 2.75) is 51.7 Å². The van der Waals surface area contributed by atoms with Crippen molar-refractivity contribution in [3.8, 4) is 6.07 Å². The van der Waals surface area contributed by atoms with Gasteiger partial charge in [-0.2, -0.15) is 10.4 Å². The summed E-state index contributed by atoms with van der Waals surface area (Å²) in [7, 11) is 0. The topological polar surface area (TPSA) is 126 Å². The van der Waals surface area contributed by atoms with E-state index in [2.05, 4.69) is 31.8 Å². The summed E-state index contributed by atoms with van der Waals surface area (Å²) in [6.45, 7) is 6.43. The average molecular weight is 444 g/mol. The lowest BCUT2D eigenvalue weighted by molar-refractivity contribution is 0.0931. The van der Waals surface area contributed by atoms with Crippen LogP contribution in [0.5, 0.6) is 0 Å². The van der Waals surface area contributed by atoms with E-state index in [1.54, 1.807) is 12.3 Å². The molecule has 0 saturated carbocycles. The Kier molecular flexibility index (Phi) is 5.92. The van der Waals surface area contributed by atoms with E-state index in [1.807, 2.05) is 43.8 Å². The minimum Gasteiger partial charge on any atom is -0.347 e. The van der Waals surface area contributed by atoms with Crippen LogP contribution in [0.1, 0.15) is 76.5 Å². The molecular formula is C24H25N7O2. The SMILES string of the molecule is CC(C)(C)n1cc(CNC(=O)c2cc(C(=O)N[C@@H]3CCc4cc(C#N)ccc43)ncn2)cn1. The number of aromatic nitrogens is 4. The highest BCUT2D eigenvalue weighted by molar-refractivity contribution is 5.97. The number of rotatable bonds is 5. The lowest BCUT2D eigenvalue weighted by atomic mass is 10.1. The lowest BCUT2D eigenvalue weighted by Crippen LogP contribution is -2.29. The van der Waals surface area contributed by atoms with Gasteiger partial charge >= 0.3 is 0 Å². The van der Waals surface area contributed by atoms with Crippen LogP contribution in [0.25, 0.3) is 0 Å². The molecule has 2 N–H and O–H groups in total. The number of carbonyl (C=O) groups excluding carboxylic acids is 2. The van der Waals surface area contributed by atoms with Gasteiger partial charge < -0.3 is 10.6 Å². The summed E-state index contributed by atoms with van der Waals surface area (Å²) in [4.78, 5) is 33.4. The summed E-state index contributed by atoms with van der Waals surface area (Å²) in [5.41, 5.74) is 3.64. The summed E-state index contributed by atoms with van der Waals surface area (Å²) in [6, 6.07) is 8.86. The average Bonchev–Trinajstić information content (AvgIpc) is 3.44. The van der Waals surface area contributed by atoms with Crippen molar-refractivity contribution in [2.24, 2.45) is 0 Å². The van der Waals surface area contributed by atoms with Crippen molar-refractivity contribution in [1.29, 1.82) is 5.26 Å². The molecule has 2 aromatic heterocycles. The number of hydrogen-bond donors (Lipinski definition) is 2. The molecule has 2 heterocycles. The molecule has 1 atom stereocenters. The zero-order chi connectivity index (χ0) is 23.6. The van der Waals surface area contributed by atoms with Crippen LogP contribution in [-0.2, 0) is 18.5 Å². The maximum atomic E-state index is 12.8. The molecule has 9 heteroatoms. The van der Waals surface area contributed by atoms with Gasteiger partial charge in [-0.1, -0.05) is 6.07 Å². The predicted octanol–water partition coefficient (Wildman–Crippen LogP) is 2.65. The smallest absolute Gasteiger partial charge is 0.270 e. The van der Waals surface area contributed by atoms with Gasteiger partial charge in [0.2, 0.25) is 0 Å². The van der Waals surface area contributed by atoms with Gasteiger partial charge in [0.1, 0.15) is 17.7 Å². The van der Waals surface area contributed by atoms with E-state index in [0.29, 0.717) is 12.1 Å². The normalized spacial score (nSPS) is 14.9. The Morgan fingerprint density at radius 1 is 1.18 bits per heavy atom. The summed E-state index contributed by atoms with van der Waals surface area (Å²) in [5, 5.41) is 19.2. The number of carbonyl (C=O) groups is 2. The van der Waals surface area contributed by atoms with E-state index in [-0.39, 0.29) is 28.9 Å². The molecule has 0 fully saturated rings. The minimum absolute atomic E-state index is 0.115. The molecule has 168 valence electrons. The van der Waals surface area contributed by atoms with Gasteiger partial charge in [-0.15, -0.1) is 0 Å². The van der Waals surface area contributed by atoms with Gasteiger partial charge in [-0.05, 0) is 56.9 Å². The third kappa shape index (κ3) is 4.90. The number of aryl methyl sites for hydroxylation is 1. The first-order valence-electron chi connectivity index (χ1n) is 10.7. The van der Waals surface area contributed by atoms with E-state index in [1.165, 1.54) is 12.4 Å². The van der Waals surface area contributed by atoms with Gasteiger partial charge in [0, 0.05) is 24.4 Å². The highest BCUT2D eigenvalue weighted by atomic mass is 16.2. The van der Waals surface area contributed by atoms with E-state index >= 15 is 0 Å². The van der Waals surface area contributed by atoms with Gasteiger partial charge in [0.05, 0.1) is 29.4 Å². The first-order valence-corrected chi connectivity index (χ1v) is 10.7. The molecule has 1 aromatic carbocycles. The number of benzene rings is 1. The monoisotopic (exact) mass is 443 g/mol. The third-order valence-corrected chi connectivity index (χ3v) is 5.56. The maximum Gasteiger partial charge on any atom is 0.270 e. The summed E-state index contributed by atoms with van der Waals surface area (Å²) in [5.74, 6) is -0.773. The second-order valence-corrected chi connectivity index (χ2v) is 9.03. The van der Waals surface area contributed by atoms with Crippen molar-refractivity contribution in [1.82, 2.24) is 30.4 Å². The molecular weight excluding hydrogens is 418 g/mol. The standard InChI is InChI=1S/C24H25N7O2/c1-24(2,3)31-13-16(12-29-31)11-26-22(32)20-9-21(28-14-27-20)23(33)30-19-7-5-17-8-15(10-25)4-6-18(17)19/h4,6,8-9,12-14,19H,5,7,11H2,1-3H3,(H,26,32)(H,30,33)/t19-/m1/s1. The molecule has 0 bridgehead atoms. The molecule has 1 aliphatic carbocycles. The maximum absolute atomic E-state index is 12.8. The van der Waals surface area contributed by atoms with Crippen LogP contribution in [0.15, 0.2) is 43.0 Å². The molecule has 33 heavy (non-hydrogen) atoms. The zero-order valence-electron chi connectivity index (χ0n) is 18.8. The highest BCUT2D eigenvalue weighted by Gasteiger charge is 2.25. The summed E-state index contributed by atoms with van der Waals surface area (Å²) >= 11 is 0. The second-order valence-electron chi connectivity index (χ2n) is 9.03. The molecule has 1 aliphatic rings. The number of nitriles is 1. The summed E-state index contributed by atoms with van der Waals surface area (Å²) < 4.78 is 1.84. The Labute approximate surface area is 191 Å². The van der Waals surface area contributed by atoms with E-state index in [9.17, 15) is 9.59 Å². The van der Waals surface area contributed by atoms with Crippen LogP contribution in [-0.4, -0.2) is 31.6 Å². The van der Waals surface area contributed by atoms with E-state index in [4.69, 9.17) is 5.26 Å². The van der Waals surface area contributed by atoms with Crippen LogP contribution in [0, 0.1) is 11.3 Å². The molecule has 4 rings (SSSR count). The van der Waals surface area contributed by atoms with Crippen LogP contribution in [0.4, 0.5) is 0 Å². The number of nitrogens with zero attached hydrogens (tertiary/aromatic N) is 5. The van der Waals surface area contributed by atoms with Gasteiger partial charge in [-0.25, -0.2) is 9.97 Å². The predicted molar refractivity (Wildman–Crippen MR) is 120 cm³/mol. The Balaban J connectivity index is 1.39. The van der Waals surface area contributed by atoms with Crippen LogP contribution < -0.4 is 10.6 Å². The molecule has 0 saturated heterocycles. The van der Waals surface area contributed by atoms with Crippen molar-refractivity contribution >= 4 is 11.8 Å². The largest absolute Gasteiger partial charge is 0.347 e. The van der Waals surface area contributed by atoms with Crippen LogP contribution in [0.3, 0.4) is 0 Å². The number of fused-ring (bicyclic) bond motifs is 1. The first-order chi connectivity index (χ1) is 15.7. The Morgan fingerprint density at radius 3 is 2.64 bits per heavy atom. The van der Waals surface area contributed by atoms with Crippen molar-refractivity contribution in [2.75, 3.05) is 0 Å². The van der Waals surface area contributed by atoms with E-state index < -0.39 is 5.91 Å². The molecule has 9 nitrogen and oxygen atoms in total. The van der Waals surface area contributed by atoms with Crippen LogP contribution in [0.2, 0.25) is 0 Å². The molecule has 2 amide bonds. The number of hydrogen-bond acceptors (Lipinski definition) is 6. The van der Waals surface area contributed by atoms with Gasteiger partial charge in [-0.3, -0.25) is 14.3 Å². The number of amides is 2. The quantitative estimate of drug-likeness (QED) is 0.624. The third-order valence-electron chi connectivity index (χ3n) is 5.56. The molecule has 0 unspecified atom stereocenters. The summed E-state index contributed by atoms with van der Waals surface area (Å²) in [6.07, 6.45) is 6.35. The van der Waals surface area contributed by atoms with Crippen molar-refractivity contribution < 1.29 is 9.59 Å². The second kappa shape index (κ2) is 8.82. The fourth-order valence-corrected chi connectivity index (χ4v) is 3.77. The Bertz CT molecular complexity index is 1250. The van der Waals surface area contributed by atoms with Gasteiger partial charge in [0.15, 0.2) is 0 Å². The fourth-order valence-electron chi connectivity index (χ4n) is 3.77.